The van der Waals surface area contributed by atoms with Crippen molar-refractivity contribution in [3.05, 3.63) is 36.4 Å². The number of benzene rings is 1. The van der Waals surface area contributed by atoms with Crippen LogP contribution < -0.4 is 4.74 Å². The molecule has 0 aliphatic rings. The van der Waals surface area contributed by atoms with Crippen LogP contribution in [0.4, 0.5) is 0 Å². The maximum Gasteiger partial charge on any atom is 0.339 e. The Morgan fingerprint density at radius 2 is 2.16 bits per heavy atom. The molecular weight excluding hydrogens is 268 g/mol. The van der Waals surface area contributed by atoms with Crippen molar-refractivity contribution in [1.29, 1.82) is 0 Å². The number of aromatic carboxylic acids is 1. The van der Waals surface area contributed by atoms with Crippen LogP contribution in [0, 0.1) is 0 Å². The Morgan fingerprint density at radius 1 is 1.47 bits per heavy atom. The van der Waals surface area contributed by atoms with Crippen LogP contribution in [0.3, 0.4) is 0 Å². The van der Waals surface area contributed by atoms with Crippen LogP contribution in [0.5, 0.6) is 5.75 Å². The van der Waals surface area contributed by atoms with Crippen LogP contribution in [-0.2, 0) is 9.84 Å². The van der Waals surface area contributed by atoms with Crippen LogP contribution >= 0.6 is 0 Å². The highest BCUT2D eigenvalue weighted by atomic mass is 32.2. The largest absolute Gasteiger partial charge is 0.496 e. The molecule has 0 saturated heterocycles. The first-order valence-corrected chi connectivity index (χ1v) is 7.32. The molecule has 104 valence electrons. The zero-order valence-electron chi connectivity index (χ0n) is 10.6. The number of unbranched alkanes of at least 4 members (excludes halogenated alkanes) is 1. The van der Waals surface area contributed by atoms with E-state index in [1.807, 2.05) is 0 Å². The smallest absolute Gasteiger partial charge is 0.339 e. The lowest BCUT2D eigenvalue weighted by Gasteiger charge is -2.08. The van der Waals surface area contributed by atoms with Crippen molar-refractivity contribution in [2.75, 3.05) is 12.9 Å². The van der Waals surface area contributed by atoms with Crippen LogP contribution in [-0.4, -0.2) is 32.4 Å². The molecule has 0 atom stereocenters. The Kier molecular flexibility index (Phi) is 5.11. The normalized spacial score (nSPS) is 11.0. The van der Waals surface area contributed by atoms with Crippen LogP contribution in [0.2, 0.25) is 0 Å². The van der Waals surface area contributed by atoms with Crippen molar-refractivity contribution in [3.8, 4) is 5.75 Å². The van der Waals surface area contributed by atoms with Gasteiger partial charge in [0, 0.05) is 0 Å². The maximum atomic E-state index is 12.0. The van der Waals surface area contributed by atoms with Gasteiger partial charge in [0.2, 0.25) is 0 Å². The third kappa shape index (κ3) is 3.82. The number of rotatable bonds is 7. The number of carbonyl (C=O) groups is 1. The molecule has 0 heterocycles. The molecule has 0 spiro atoms. The first-order chi connectivity index (χ1) is 8.92. The average molecular weight is 284 g/mol. The fourth-order valence-corrected chi connectivity index (χ4v) is 2.94. The molecule has 1 aromatic carbocycles. The number of carboxylic acid groups (broad SMARTS) is 1. The predicted molar refractivity (Wildman–Crippen MR) is 71.4 cm³/mol. The Labute approximate surface area is 112 Å². The first-order valence-electron chi connectivity index (χ1n) is 5.67. The molecule has 0 aliphatic heterocycles. The lowest BCUT2D eigenvalue weighted by Crippen LogP contribution is -2.09. The molecule has 0 aliphatic carbocycles. The minimum Gasteiger partial charge on any atom is -0.496 e. The second-order valence-corrected chi connectivity index (χ2v) is 6.03. The first kappa shape index (κ1) is 15.2. The molecule has 19 heavy (non-hydrogen) atoms. The fourth-order valence-electron chi connectivity index (χ4n) is 1.58. The van der Waals surface area contributed by atoms with Gasteiger partial charge in [0.1, 0.15) is 11.3 Å². The molecule has 1 N–H and O–H groups in total. The van der Waals surface area contributed by atoms with E-state index in [1.165, 1.54) is 19.2 Å². The van der Waals surface area contributed by atoms with E-state index < -0.39 is 15.8 Å². The predicted octanol–water partition coefficient (Wildman–Crippen LogP) is 2.13. The fraction of sp³-hybridized carbons (Fsp3) is 0.308. The second-order valence-electron chi connectivity index (χ2n) is 3.92. The minimum absolute atomic E-state index is 0.00485. The molecule has 6 heteroatoms. The van der Waals surface area contributed by atoms with Crippen molar-refractivity contribution >= 4 is 15.8 Å². The Hall–Kier alpha value is -1.82. The second kappa shape index (κ2) is 6.38. The van der Waals surface area contributed by atoms with Gasteiger partial charge in [0.05, 0.1) is 17.8 Å². The topological polar surface area (TPSA) is 80.7 Å². The average Bonchev–Trinajstić information content (AvgIpc) is 2.38. The summed E-state index contributed by atoms with van der Waals surface area (Å²) in [6, 6.07) is 3.84. The number of sulfone groups is 1. The highest BCUT2D eigenvalue weighted by Crippen LogP contribution is 2.23. The number of hydrogen-bond donors (Lipinski definition) is 1. The van der Waals surface area contributed by atoms with Crippen LogP contribution in [0.25, 0.3) is 0 Å². The van der Waals surface area contributed by atoms with E-state index >= 15 is 0 Å². The molecule has 0 radical (unpaired) electrons. The minimum atomic E-state index is -3.48. The molecule has 0 amide bonds. The number of methoxy groups -OCH3 is 1. The molecular formula is C13H16O5S. The molecule has 1 aromatic rings. The zero-order chi connectivity index (χ0) is 14.5. The van der Waals surface area contributed by atoms with Gasteiger partial charge in [0.15, 0.2) is 9.84 Å². The molecule has 1 rings (SSSR count). The van der Waals surface area contributed by atoms with E-state index in [0.717, 1.165) is 6.07 Å². The molecule has 0 aromatic heterocycles. The summed E-state index contributed by atoms with van der Waals surface area (Å²) in [7, 11) is -2.15. The summed E-state index contributed by atoms with van der Waals surface area (Å²) >= 11 is 0. The van der Waals surface area contributed by atoms with Crippen molar-refractivity contribution < 1.29 is 23.1 Å². The SMILES string of the molecule is C=CCCCS(=O)(=O)c1ccc(OC)c(C(=O)O)c1. The van der Waals surface area contributed by atoms with Gasteiger partial charge in [-0.2, -0.15) is 0 Å². The van der Waals surface area contributed by atoms with E-state index in [0.29, 0.717) is 12.8 Å². The number of carboxylic acids is 1. The maximum absolute atomic E-state index is 12.0. The lowest BCUT2D eigenvalue weighted by molar-refractivity contribution is 0.0693. The quantitative estimate of drug-likeness (QED) is 0.613. The third-order valence-electron chi connectivity index (χ3n) is 2.58. The number of ether oxygens (including phenoxy) is 1. The number of allylic oxidation sites excluding steroid dienone is 1. The van der Waals surface area contributed by atoms with Crippen molar-refractivity contribution in [2.45, 2.75) is 17.7 Å². The van der Waals surface area contributed by atoms with Gasteiger partial charge in [-0.3, -0.25) is 0 Å². The van der Waals surface area contributed by atoms with Gasteiger partial charge in [-0.15, -0.1) is 6.58 Å². The molecule has 0 saturated carbocycles. The van der Waals surface area contributed by atoms with Gasteiger partial charge in [-0.05, 0) is 31.0 Å². The summed E-state index contributed by atoms with van der Waals surface area (Å²) in [6.07, 6.45) is 2.70. The molecule has 0 bridgehead atoms. The van der Waals surface area contributed by atoms with E-state index in [-0.39, 0.29) is 22.0 Å². The van der Waals surface area contributed by atoms with Crippen LogP contribution in [0.1, 0.15) is 23.2 Å². The van der Waals surface area contributed by atoms with Crippen LogP contribution in [0.15, 0.2) is 35.7 Å². The van der Waals surface area contributed by atoms with E-state index in [1.54, 1.807) is 6.08 Å². The monoisotopic (exact) mass is 284 g/mol. The summed E-state index contributed by atoms with van der Waals surface area (Å²) in [6.45, 7) is 3.52. The van der Waals surface area contributed by atoms with Gasteiger partial charge in [0.25, 0.3) is 0 Å². The lowest BCUT2D eigenvalue weighted by atomic mass is 10.2. The van der Waals surface area contributed by atoms with Gasteiger partial charge in [-0.1, -0.05) is 6.08 Å². The van der Waals surface area contributed by atoms with E-state index in [9.17, 15) is 13.2 Å². The Balaban J connectivity index is 3.11. The van der Waals surface area contributed by atoms with Crippen molar-refractivity contribution in [1.82, 2.24) is 0 Å². The summed E-state index contributed by atoms with van der Waals surface area (Å²) < 4.78 is 28.9. The summed E-state index contributed by atoms with van der Waals surface area (Å²) in [5.41, 5.74) is -0.160. The third-order valence-corrected chi connectivity index (χ3v) is 4.38. The van der Waals surface area contributed by atoms with Gasteiger partial charge >= 0.3 is 5.97 Å². The molecule has 5 nitrogen and oxygen atoms in total. The highest BCUT2D eigenvalue weighted by molar-refractivity contribution is 7.91. The molecule has 0 fully saturated rings. The Morgan fingerprint density at radius 3 is 2.68 bits per heavy atom. The van der Waals surface area contributed by atoms with E-state index in [2.05, 4.69) is 6.58 Å². The number of hydrogen-bond acceptors (Lipinski definition) is 4. The van der Waals surface area contributed by atoms with Gasteiger partial charge < -0.3 is 9.84 Å². The summed E-state index contributed by atoms with van der Waals surface area (Å²) in [5, 5.41) is 9.01. The zero-order valence-corrected chi connectivity index (χ0v) is 11.4. The van der Waals surface area contributed by atoms with Gasteiger partial charge in [-0.25, -0.2) is 13.2 Å². The van der Waals surface area contributed by atoms with Crippen molar-refractivity contribution in [2.24, 2.45) is 0 Å². The standard InChI is InChI=1S/C13H16O5S/c1-3-4-5-8-19(16,17)10-6-7-12(18-2)11(9-10)13(14)15/h3,6-7,9H,1,4-5,8H2,2H3,(H,14,15). The van der Waals surface area contributed by atoms with Crippen molar-refractivity contribution in [3.63, 3.8) is 0 Å². The Bertz CT molecular complexity index is 575. The molecule has 0 unspecified atom stereocenters. The highest BCUT2D eigenvalue weighted by Gasteiger charge is 2.19. The summed E-state index contributed by atoms with van der Waals surface area (Å²) in [5.74, 6) is -1.12. The van der Waals surface area contributed by atoms with E-state index in [4.69, 9.17) is 9.84 Å². The summed E-state index contributed by atoms with van der Waals surface area (Å²) in [4.78, 5) is 11.0.